The second kappa shape index (κ2) is 5.35. The van der Waals surface area contributed by atoms with Crippen molar-refractivity contribution in [3.63, 3.8) is 0 Å². The van der Waals surface area contributed by atoms with E-state index in [1.807, 2.05) is 13.8 Å². The molecule has 1 atom stereocenters. The van der Waals surface area contributed by atoms with E-state index in [4.69, 9.17) is 4.74 Å². The standard InChI is InChI=1S/C11H23NO3/c1-8(2)7-9(3)12(14)10(13)15-11(4,5)6/h8-9,14H,7H2,1-6H3. The number of nitrogens with zero attached hydrogens (tertiary/aromatic N) is 1. The van der Waals surface area contributed by atoms with Crippen molar-refractivity contribution in [1.29, 1.82) is 0 Å². The number of rotatable bonds is 3. The summed E-state index contributed by atoms with van der Waals surface area (Å²) in [6, 6.07) is -0.222. The van der Waals surface area contributed by atoms with Gasteiger partial charge in [-0.3, -0.25) is 5.21 Å². The Hall–Kier alpha value is -0.770. The number of hydroxylamine groups is 2. The average Bonchev–Trinajstić information content (AvgIpc) is 1.98. The van der Waals surface area contributed by atoms with Crippen LogP contribution in [0.1, 0.15) is 48.0 Å². The van der Waals surface area contributed by atoms with E-state index in [2.05, 4.69) is 0 Å². The summed E-state index contributed by atoms with van der Waals surface area (Å²) in [7, 11) is 0. The molecule has 0 heterocycles. The fraction of sp³-hybridized carbons (Fsp3) is 0.909. The van der Waals surface area contributed by atoms with Crippen molar-refractivity contribution in [2.45, 2.75) is 59.6 Å². The molecule has 0 rings (SSSR count). The zero-order chi connectivity index (χ0) is 12.2. The van der Waals surface area contributed by atoms with E-state index in [1.165, 1.54) is 0 Å². The molecule has 90 valence electrons. The van der Waals surface area contributed by atoms with Gasteiger partial charge in [0.1, 0.15) is 5.60 Å². The van der Waals surface area contributed by atoms with Gasteiger partial charge < -0.3 is 4.74 Å². The molecule has 0 bridgehead atoms. The first-order chi connectivity index (χ1) is 6.63. The molecule has 0 aliphatic rings. The van der Waals surface area contributed by atoms with Crippen molar-refractivity contribution in [3.8, 4) is 0 Å². The molecule has 4 nitrogen and oxygen atoms in total. The minimum atomic E-state index is -0.685. The van der Waals surface area contributed by atoms with Crippen LogP contribution in [0.3, 0.4) is 0 Å². The molecule has 0 aliphatic heterocycles. The quantitative estimate of drug-likeness (QED) is 0.584. The lowest BCUT2D eigenvalue weighted by molar-refractivity contribution is -0.119. The number of hydrogen-bond donors (Lipinski definition) is 1. The van der Waals surface area contributed by atoms with Crippen molar-refractivity contribution in [2.24, 2.45) is 5.92 Å². The monoisotopic (exact) mass is 217 g/mol. The normalized spacial score (nSPS) is 13.9. The molecule has 0 aromatic rings. The molecule has 0 aromatic carbocycles. The number of amides is 1. The van der Waals surface area contributed by atoms with Gasteiger partial charge in [-0.05, 0) is 40.0 Å². The Morgan fingerprint density at radius 3 is 2.13 bits per heavy atom. The van der Waals surface area contributed by atoms with Gasteiger partial charge in [0.05, 0.1) is 6.04 Å². The van der Waals surface area contributed by atoms with E-state index in [0.717, 1.165) is 6.42 Å². The molecule has 4 heteroatoms. The smallest absolute Gasteiger partial charge is 0.434 e. The molecule has 15 heavy (non-hydrogen) atoms. The zero-order valence-electron chi connectivity index (χ0n) is 10.6. The minimum Gasteiger partial charge on any atom is -0.442 e. The summed E-state index contributed by atoms with van der Waals surface area (Å²) in [6.45, 7) is 11.2. The number of carbonyl (C=O) groups is 1. The first-order valence-electron chi connectivity index (χ1n) is 5.34. The van der Waals surface area contributed by atoms with E-state index in [9.17, 15) is 10.0 Å². The number of ether oxygens (including phenoxy) is 1. The van der Waals surface area contributed by atoms with Crippen molar-refractivity contribution in [2.75, 3.05) is 0 Å². The van der Waals surface area contributed by atoms with E-state index in [1.54, 1.807) is 27.7 Å². The first-order valence-corrected chi connectivity index (χ1v) is 5.34. The van der Waals surface area contributed by atoms with Crippen LogP contribution in [0.5, 0.6) is 0 Å². The third kappa shape index (κ3) is 6.33. The van der Waals surface area contributed by atoms with Crippen LogP contribution < -0.4 is 0 Å². The van der Waals surface area contributed by atoms with Gasteiger partial charge in [-0.15, -0.1) is 0 Å². The lowest BCUT2D eigenvalue weighted by Crippen LogP contribution is -2.40. The SMILES string of the molecule is CC(C)CC(C)N(O)C(=O)OC(C)(C)C. The minimum absolute atomic E-state index is 0.222. The Labute approximate surface area is 92.2 Å². The topological polar surface area (TPSA) is 49.8 Å². The summed E-state index contributed by atoms with van der Waals surface area (Å²) in [5.41, 5.74) is -0.574. The molecular formula is C11H23NO3. The van der Waals surface area contributed by atoms with Crippen molar-refractivity contribution in [1.82, 2.24) is 5.06 Å². The Kier molecular flexibility index (Phi) is 5.08. The third-order valence-corrected chi connectivity index (χ3v) is 1.81. The highest BCUT2D eigenvalue weighted by Crippen LogP contribution is 2.14. The van der Waals surface area contributed by atoms with Crippen LogP contribution in [0, 0.1) is 5.92 Å². The van der Waals surface area contributed by atoms with Gasteiger partial charge in [0.2, 0.25) is 0 Å². The van der Waals surface area contributed by atoms with Crippen molar-refractivity contribution in [3.05, 3.63) is 0 Å². The Morgan fingerprint density at radius 1 is 1.33 bits per heavy atom. The fourth-order valence-electron chi connectivity index (χ4n) is 1.27. The second-order valence-corrected chi connectivity index (χ2v) is 5.30. The number of hydrogen-bond acceptors (Lipinski definition) is 3. The van der Waals surface area contributed by atoms with Crippen LogP contribution in [0.2, 0.25) is 0 Å². The van der Waals surface area contributed by atoms with Crippen LogP contribution in [-0.4, -0.2) is 28.0 Å². The van der Waals surface area contributed by atoms with Crippen LogP contribution in [0.4, 0.5) is 4.79 Å². The Balaban J connectivity index is 4.20. The van der Waals surface area contributed by atoms with Gasteiger partial charge in [0.15, 0.2) is 0 Å². The van der Waals surface area contributed by atoms with E-state index in [0.29, 0.717) is 11.0 Å². The molecule has 0 aromatic heterocycles. The first kappa shape index (κ1) is 14.2. The maximum Gasteiger partial charge on any atom is 0.434 e. The van der Waals surface area contributed by atoms with Gasteiger partial charge in [-0.1, -0.05) is 13.8 Å². The molecule has 0 aliphatic carbocycles. The highest BCUT2D eigenvalue weighted by Gasteiger charge is 2.24. The maximum absolute atomic E-state index is 11.4. The zero-order valence-corrected chi connectivity index (χ0v) is 10.6. The second-order valence-electron chi connectivity index (χ2n) is 5.30. The number of carbonyl (C=O) groups excluding carboxylic acids is 1. The maximum atomic E-state index is 11.4. The molecule has 0 fully saturated rings. The van der Waals surface area contributed by atoms with Crippen LogP contribution in [-0.2, 0) is 4.74 Å². The molecule has 0 saturated heterocycles. The summed E-state index contributed by atoms with van der Waals surface area (Å²) < 4.78 is 5.04. The Morgan fingerprint density at radius 2 is 1.80 bits per heavy atom. The van der Waals surface area contributed by atoms with Crippen molar-refractivity contribution >= 4 is 6.09 Å². The lowest BCUT2D eigenvalue weighted by Gasteiger charge is -2.27. The van der Waals surface area contributed by atoms with E-state index < -0.39 is 11.7 Å². The van der Waals surface area contributed by atoms with Crippen molar-refractivity contribution < 1.29 is 14.7 Å². The summed E-state index contributed by atoms with van der Waals surface area (Å²) in [5.74, 6) is 0.428. The molecule has 0 spiro atoms. The predicted molar refractivity (Wildman–Crippen MR) is 58.8 cm³/mol. The van der Waals surface area contributed by atoms with E-state index in [-0.39, 0.29) is 6.04 Å². The largest absolute Gasteiger partial charge is 0.442 e. The van der Waals surface area contributed by atoms with E-state index >= 15 is 0 Å². The highest BCUT2D eigenvalue weighted by atomic mass is 16.6. The summed E-state index contributed by atoms with van der Waals surface area (Å²) in [4.78, 5) is 11.4. The van der Waals surface area contributed by atoms with Gasteiger partial charge >= 0.3 is 6.09 Å². The molecule has 1 N–H and O–H groups in total. The molecule has 1 unspecified atom stereocenters. The van der Waals surface area contributed by atoms with Crippen LogP contribution in [0.15, 0.2) is 0 Å². The van der Waals surface area contributed by atoms with Gasteiger partial charge in [-0.2, -0.15) is 5.06 Å². The predicted octanol–water partition coefficient (Wildman–Crippen LogP) is 3.05. The lowest BCUT2D eigenvalue weighted by atomic mass is 10.1. The molecule has 0 saturated carbocycles. The summed E-state index contributed by atoms with van der Waals surface area (Å²) in [5, 5.41) is 10.2. The van der Waals surface area contributed by atoms with Gasteiger partial charge in [0, 0.05) is 0 Å². The van der Waals surface area contributed by atoms with Crippen LogP contribution in [0.25, 0.3) is 0 Å². The Bertz CT molecular complexity index is 208. The molecule has 1 amide bonds. The summed E-state index contributed by atoms with van der Waals surface area (Å²) in [6.07, 6.45) is 0.0612. The fourth-order valence-corrected chi connectivity index (χ4v) is 1.27. The third-order valence-electron chi connectivity index (χ3n) is 1.81. The summed E-state index contributed by atoms with van der Waals surface area (Å²) >= 11 is 0. The van der Waals surface area contributed by atoms with Crippen LogP contribution >= 0.6 is 0 Å². The highest BCUT2D eigenvalue weighted by molar-refractivity contribution is 5.66. The molecule has 0 radical (unpaired) electrons. The molecular weight excluding hydrogens is 194 g/mol. The van der Waals surface area contributed by atoms with Gasteiger partial charge in [-0.25, -0.2) is 4.79 Å². The van der Waals surface area contributed by atoms with Gasteiger partial charge in [0.25, 0.3) is 0 Å². The average molecular weight is 217 g/mol.